The Morgan fingerprint density at radius 2 is 1.46 bits per heavy atom. The number of amides is 2. The monoisotopic (exact) mass is 699 g/mol. The van der Waals surface area contributed by atoms with E-state index in [2.05, 4.69) is 5.32 Å². The van der Waals surface area contributed by atoms with Crippen LogP contribution in [0.3, 0.4) is 0 Å². The number of sulfonamides is 1. The summed E-state index contributed by atoms with van der Waals surface area (Å²) < 4.78 is 29.3. The van der Waals surface area contributed by atoms with Crippen LogP contribution in [0.15, 0.2) is 102 Å². The van der Waals surface area contributed by atoms with Gasteiger partial charge in [-0.1, -0.05) is 102 Å². The zero-order valence-corrected chi connectivity index (χ0v) is 28.7. The van der Waals surface area contributed by atoms with Crippen LogP contribution in [0.25, 0.3) is 0 Å². The van der Waals surface area contributed by atoms with Gasteiger partial charge in [-0.3, -0.25) is 13.9 Å². The topological polar surface area (TPSA) is 86.8 Å². The molecule has 0 aliphatic carbocycles. The third-order valence-electron chi connectivity index (χ3n) is 7.49. The quantitative estimate of drug-likeness (QED) is 0.137. The van der Waals surface area contributed by atoms with Crippen LogP contribution in [-0.4, -0.2) is 44.3 Å². The van der Waals surface area contributed by atoms with Gasteiger partial charge in [-0.2, -0.15) is 0 Å². The van der Waals surface area contributed by atoms with E-state index in [9.17, 15) is 18.0 Å². The maximum atomic E-state index is 14.5. The van der Waals surface area contributed by atoms with Crippen LogP contribution < -0.4 is 9.62 Å². The molecule has 0 bridgehead atoms. The maximum Gasteiger partial charge on any atom is 0.264 e. The summed E-state index contributed by atoms with van der Waals surface area (Å²) in [5, 5.41) is 4.00. The molecule has 0 unspecified atom stereocenters. The van der Waals surface area contributed by atoms with Crippen molar-refractivity contribution in [3.63, 3.8) is 0 Å². The molecule has 0 radical (unpaired) electrons. The molecule has 11 heteroatoms. The smallest absolute Gasteiger partial charge is 0.264 e. The van der Waals surface area contributed by atoms with E-state index in [0.29, 0.717) is 27.2 Å². The van der Waals surface area contributed by atoms with Gasteiger partial charge in [0.2, 0.25) is 11.8 Å². The Morgan fingerprint density at radius 1 is 0.826 bits per heavy atom. The molecule has 4 aromatic rings. The molecule has 0 saturated carbocycles. The van der Waals surface area contributed by atoms with Gasteiger partial charge < -0.3 is 10.2 Å². The standard InChI is InChI=1S/C35H36Cl3N3O4S/c1-3-4-21-39-35(43)33(22-26-9-6-5-7-10-26)40(23-30-31(37)11-8-12-32(30)38)34(42)24-41(28-17-15-27(36)16-18-28)46(44,45)29-19-13-25(2)14-20-29/h5-20,33H,3-4,21-24H2,1-2H3,(H,39,43)/t33-/m1/s1. The predicted octanol–water partition coefficient (Wildman–Crippen LogP) is 7.71. The minimum absolute atomic E-state index is 0.0136. The van der Waals surface area contributed by atoms with Gasteiger partial charge in [-0.15, -0.1) is 0 Å². The van der Waals surface area contributed by atoms with Gasteiger partial charge in [0, 0.05) is 40.1 Å². The zero-order chi connectivity index (χ0) is 33.3. The second-order valence-corrected chi connectivity index (χ2v) is 14.0. The van der Waals surface area contributed by atoms with Crippen molar-refractivity contribution in [3.8, 4) is 0 Å². The fourth-order valence-electron chi connectivity index (χ4n) is 4.89. The Balaban J connectivity index is 1.82. The second kappa shape index (κ2) is 16.3. The normalized spacial score (nSPS) is 11.9. The summed E-state index contributed by atoms with van der Waals surface area (Å²) >= 11 is 19.3. The summed E-state index contributed by atoms with van der Waals surface area (Å²) in [6, 6.07) is 25.9. The van der Waals surface area contributed by atoms with Crippen molar-refractivity contribution in [1.82, 2.24) is 10.2 Å². The third-order valence-corrected chi connectivity index (χ3v) is 10.2. The first-order valence-corrected chi connectivity index (χ1v) is 17.5. The van der Waals surface area contributed by atoms with E-state index in [4.69, 9.17) is 34.8 Å². The number of rotatable bonds is 14. The van der Waals surface area contributed by atoms with E-state index in [-0.39, 0.29) is 29.5 Å². The van der Waals surface area contributed by atoms with Crippen LogP contribution in [0, 0.1) is 6.92 Å². The Hall–Kier alpha value is -3.56. The van der Waals surface area contributed by atoms with Gasteiger partial charge in [0.05, 0.1) is 10.6 Å². The molecule has 0 spiro atoms. The van der Waals surface area contributed by atoms with Gasteiger partial charge in [0.25, 0.3) is 10.0 Å². The number of hydrogen-bond acceptors (Lipinski definition) is 4. The first-order chi connectivity index (χ1) is 22.0. The van der Waals surface area contributed by atoms with E-state index in [1.54, 1.807) is 42.5 Å². The van der Waals surface area contributed by atoms with Crippen molar-refractivity contribution < 1.29 is 18.0 Å². The Bertz CT molecular complexity index is 1720. The third kappa shape index (κ3) is 9.04. The average molecular weight is 701 g/mol. The van der Waals surface area contributed by atoms with Crippen molar-refractivity contribution in [3.05, 3.63) is 129 Å². The van der Waals surface area contributed by atoms with Crippen LogP contribution >= 0.6 is 34.8 Å². The van der Waals surface area contributed by atoms with E-state index < -0.39 is 28.5 Å². The first-order valence-electron chi connectivity index (χ1n) is 14.9. The molecular formula is C35H36Cl3N3O4S. The lowest BCUT2D eigenvalue weighted by molar-refractivity contribution is -0.140. The molecule has 1 atom stereocenters. The molecule has 0 aliphatic heterocycles. The Labute approximate surface area is 286 Å². The number of nitrogens with zero attached hydrogens (tertiary/aromatic N) is 2. The molecule has 2 amide bonds. The van der Waals surface area contributed by atoms with E-state index in [1.807, 2.05) is 44.2 Å². The molecule has 0 heterocycles. The van der Waals surface area contributed by atoms with Crippen molar-refractivity contribution in [2.24, 2.45) is 0 Å². The second-order valence-electron chi connectivity index (χ2n) is 10.9. The van der Waals surface area contributed by atoms with Gasteiger partial charge >= 0.3 is 0 Å². The van der Waals surface area contributed by atoms with E-state index in [1.165, 1.54) is 29.2 Å². The summed E-state index contributed by atoms with van der Waals surface area (Å²) in [4.78, 5) is 29.8. The number of hydrogen-bond donors (Lipinski definition) is 1. The number of unbranched alkanes of at least 4 members (excludes halogenated alkanes) is 1. The molecule has 4 rings (SSSR count). The predicted molar refractivity (Wildman–Crippen MR) is 186 cm³/mol. The lowest BCUT2D eigenvalue weighted by Gasteiger charge is -2.34. The zero-order valence-electron chi connectivity index (χ0n) is 25.6. The number of anilines is 1. The number of carbonyl (C=O) groups excluding carboxylic acids is 2. The molecule has 0 aromatic heterocycles. The highest BCUT2D eigenvalue weighted by Gasteiger charge is 2.35. The molecule has 0 saturated heterocycles. The highest BCUT2D eigenvalue weighted by Crippen LogP contribution is 2.29. The Kier molecular flexibility index (Phi) is 12.5. The average Bonchev–Trinajstić information content (AvgIpc) is 3.04. The number of nitrogens with one attached hydrogen (secondary N) is 1. The Morgan fingerprint density at radius 3 is 2.07 bits per heavy atom. The summed E-state index contributed by atoms with van der Waals surface area (Å²) in [7, 11) is -4.23. The number of halogens is 3. The largest absolute Gasteiger partial charge is 0.354 e. The lowest BCUT2D eigenvalue weighted by Crippen LogP contribution is -2.53. The molecule has 4 aromatic carbocycles. The van der Waals surface area contributed by atoms with Crippen LogP contribution in [0.4, 0.5) is 5.69 Å². The minimum atomic E-state index is -4.23. The van der Waals surface area contributed by atoms with Crippen molar-refractivity contribution >= 4 is 62.3 Å². The molecule has 242 valence electrons. The van der Waals surface area contributed by atoms with Gasteiger partial charge in [-0.25, -0.2) is 8.42 Å². The highest BCUT2D eigenvalue weighted by molar-refractivity contribution is 7.92. The summed E-state index contributed by atoms with van der Waals surface area (Å²) in [5.74, 6) is -0.985. The first kappa shape index (κ1) is 35.3. The van der Waals surface area contributed by atoms with Gasteiger partial charge in [0.15, 0.2) is 0 Å². The number of benzene rings is 4. The van der Waals surface area contributed by atoms with Crippen LogP contribution in [0.5, 0.6) is 0 Å². The highest BCUT2D eigenvalue weighted by atomic mass is 35.5. The molecule has 46 heavy (non-hydrogen) atoms. The number of aryl methyl sites for hydroxylation is 1. The van der Waals surface area contributed by atoms with E-state index in [0.717, 1.165) is 28.3 Å². The lowest BCUT2D eigenvalue weighted by atomic mass is 10.0. The molecule has 7 nitrogen and oxygen atoms in total. The molecular weight excluding hydrogens is 665 g/mol. The molecule has 0 aliphatic rings. The van der Waals surface area contributed by atoms with Crippen LogP contribution in [0.1, 0.15) is 36.5 Å². The SMILES string of the molecule is CCCCNC(=O)[C@@H](Cc1ccccc1)N(Cc1c(Cl)cccc1Cl)C(=O)CN(c1ccc(Cl)cc1)S(=O)(=O)c1ccc(C)cc1. The van der Waals surface area contributed by atoms with Crippen LogP contribution in [0.2, 0.25) is 15.1 Å². The van der Waals surface area contributed by atoms with E-state index >= 15 is 0 Å². The summed E-state index contributed by atoms with van der Waals surface area (Å²) in [5.41, 5.74) is 2.39. The summed E-state index contributed by atoms with van der Waals surface area (Å²) in [6.07, 6.45) is 1.81. The molecule has 0 fully saturated rings. The fourth-order valence-corrected chi connectivity index (χ4v) is 6.94. The van der Waals surface area contributed by atoms with Crippen molar-refractivity contribution in [1.29, 1.82) is 0 Å². The van der Waals surface area contributed by atoms with Gasteiger partial charge in [-0.05, 0) is 67.4 Å². The summed E-state index contributed by atoms with van der Waals surface area (Å²) in [6.45, 7) is 3.56. The van der Waals surface area contributed by atoms with Crippen molar-refractivity contribution in [2.75, 3.05) is 17.4 Å². The van der Waals surface area contributed by atoms with Crippen LogP contribution in [-0.2, 0) is 32.6 Å². The molecule has 1 N–H and O–H groups in total. The van der Waals surface area contributed by atoms with Gasteiger partial charge in [0.1, 0.15) is 12.6 Å². The fraction of sp³-hybridized carbons (Fsp3) is 0.257. The minimum Gasteiger partial charge on any atom is -0.354 e. The number of carbonyl (C=O) groups is 2. The van der Waals surface area contributed by atoms with Crippen molar-refractivity contribution in [2.45, 2.75) is 50.6 Å². The maximum absolute atomic E-state index is 14.5.